The molecule has 4 heteroatoms. The Kier molecular flexibility index (Phi) is 5.37. The Morgan fingerprint density at radius 1 is 1.26 bits per heavy atom. The zero-order valence-electron chi connectivity index (χ0n) is 10.9. The van der Waals surface area contributed by atoms with Crippen molar-refractivity contribution < 1.29 is 4.42 Å². The Balaban J connectivity index is 2.09. The van der Waals surface area contributed by atoms with Crippen LogP contribution in [0.4, 0.5) is 0 Å². The van der Waals surface area contributed by atoms with Crippen LogP contribution in [0.25, 0.3) is 0 Å². The first-order chi connectivity index (χ1) is 9.20. The summed E-state index contributed by atoms with van der Waals surface area (Å²) in [6, 6.07) is 12.0. The van der Waals surface area contributed by atoms with Crippen LogP contribution in [-0.2, 0) is 5.75 Å². The Morgan fingerprint density at radius 3 is 2.58 bits per heavy atom. The zero-order valence-corrected chi connectivity index (χ0v) is 12.5. The van der Waals surface area contributed by atoms with Crippen LogP contribution in [0.2, 0.25) is 5.02 Å². The Hall–Kier alpha value is -0.900. The van der Waals surface area contributed by atoms with Crippen LogP contribution >= 0.6 is 23.4 Å². The van der Waals surface area contributed by atoms with Gasteiger partial charge in [-0.1, -0.05) is 30.7 Å². The minimum atomic E-state index is 0.126. The minimum Gasteiger partial charge on any atom is -0.468 e. The highest BCUT2D eigenvalue weighted by atomic mass is 35.5. The molecular weight excluding hydrogens is 278 g/mol. The second kappa shape index (κ2) is 7.04. The lowest BCUT2D eigenvalue weighted by Crippen LogP contribution is -2.25. The Labute approximate surface area is 123 Å². The second-order valence-electron chi connectivity index (χ2n) is 4.43. The smallest absolute Gasteiger partial charge is 0.113 e. The van der Waals surface area contributed by atoms with Gasteiger partial charge < -0.3 is 10.2 Å². The lowest BCUT2D eigenvalue weighted by atomic mass is 10.0. The van der Waals surface area contributed by atoms with Crippen LogP contribution in [0, 0.1) is 0 Å². The van der Waals surface area contributed by atoms with Crippen molar-refractivity contribution >= 4 is 23.4 Å². The van der Waals surface area contributed by atoms with E-state index in [1.165, 1.54) is 5.56 Å². The van der Waals surface area contributed by atoms with E-state index in [0.29, 0.717) is 0 Å². The van der Waals surface area contributed by atoms with Gasteiger partial charge in [-0.25, -0.2) is 0 Å². The molecule has 1 heterocycles. The third-order valence-corrected chi connectivity index (χ3v) is 4.73. The van der Waals surface area contributed by atoms with Gasteiger partial charge in [0.05, 0.1) is 12.0 Å². The van der Waals surface area contributed by atoms with E-state index < -0.39 is 0 Å². The molecule has 102 valence electrons. The molecule has 0 spiro atoms. The molecule has 2 atom stereocenters. The molecule has 19 heavy (non-hydrogen) atoms. The van der Waals surface area contributed by atoms with Crippen LogP contribution in [0.15, 0.2) is 47.1 Å². The third kappa shape index (κ3) is 4.03. The van der Waals surface area contributed by atoms with Crippen LogP contribution in [0.3, 0.4) is 0 Å². The normalized spacial score (nSPS) is 14.3. The maximum absolute atomic E-state index is 6.24. The molecule has 2 aromatic rings. The third-order valence-electron chi connectivity index (χ3n) is 3.04. The number of halogens is 1. The predicted octanol–water partition coefficient (Wildman–Crippen LogP) is 4.64. The van der Waals surface area contributed by atoms with E-state index >= 15 is 0 Å². The molecule has 0 saturated heterocycles. The zero-order chi connectivity index (χ0) is 13.7. The molecule has 0 saturated carbocycles. The lowest BCUT2D eigenvalue weighted by Gasteiger charge is -2.22. The molecule has 1 aromatic heterocycles. The largest absolute Gasteiger partial charge is 0.468 e. The lowest BCUT2D eigenvalue weighted by molar-refractivity contribution is 0.529. The monoisotopic (exact) mass is 295 g/mol. The summed E-state index contributed by atoms with van der Waals surface area (Å²) in [4.78, 5) is 0. The van der Waals surface area contributed by atoms with E-state index in [4.69, 9.17) is 21.8 Å². The van der Waals surface area contributed by atoms with Gasteiger partial charge in [0.1, 0.15) is 5.76 Å². The molecule has 0 aliphatic heterocycles. The molecule has 0 amide bonds. The van der Waals surface area contributed by atoms with Crippen molar-refractivity contribution in [3.05, 3.63) is 59.0 Å². The van der Waals surface area contributed by atoms with Gasteiger partial charge in [-0.3, -0.25) is 0 Å². The van der Waals surface area contributed by atoms with Crippen molar-refractivity contribution in [3.63, 3.8) is 0 Å². The molecular formula is C15H18ClNOS. The Morgan fingerprint density at radius 2 is 2.00 bits per heavy atom. The average Bonchev–Trinajstić information content (AvgIpc) is 2.93. The maximum Gasteiger partial charge on any atom is 0.113 e. The van der Waals surface area contributed by atoms with Crippen molar-refractivity contribution in [3.8, 4) is 0 Å². The highest BCUT2D eigenvalue weighted by Crippen LogP contribution is 2.35. The molecule has 0 aliphatic carbocycles. The fraction of sp³-hybridized carbons (Fsp3) is 0.333. The van der Waals surface area contributed by atoms with Crippen LogP contribution in [0.5, 0.6) is 0 Å². The van der Waals surface area contributed by atoms with Gasteiger partial charge in [0.2, 0.25) is 0 Å². The topological polar surface area (TPSA) is 39.2 Å². The first-order valence-electron chi connectivity index (χ1n) is 6.35. The number of rotatable bonds is 6. The van der Waals surface area contributed by atoms with Gasteiger partial charge in [0.15, 0.2) is 0 Å². The average molecular weight is 296 g/mol. The first-order valence-corrected chi connectivity index (χ1v) is 7.78. The number of hydrogen-bond acceptors (Lipinski definition) is 3. The van der Waals surface area contributed by atoms with Crippen molar-refractivity contribution in [1.29, 1.82) is 0 Å². The summed E-state index contributed by atoms with van der Waals surface area (Å²) < 4.78 is 5.37. The van der Waals surface area contributed by atoms with E-state index in [-0.39, 0.29) is 11.3 Å². The van der Waals surface area contributed by atoms with Crippen molar-refractivity contribution in [2.75, 3.05) is 0 Å². The Bertz CT molecular complexity index is 483. The molecule has 0 radical (unpaired) electrons. The van der Waals surface area contributed by atoms with Gasteiger partial charge in [0.25, 0.3) is 0 Å². The van der Waals surface area contributed by atoms with E-state index in [1.807, 2.05) is 36.0 Å². The quantitative estimate of drug-likeness (QED) is 0.843. The number of thioether (sulfide) groups is 1. The molecule has 1 aromatic carbocycles. The van der Waals surface area contributed by atoms with E-state index in [0.717, 1.165) is 23.0 Å². The molecule has 2 N–H and O–H groups in total. The summed E-state index contributed by atoms with van der Waals surface area (Å²) in [6.07, 6.45) is 2.64. The highest BCUT2D eigenvalue weighted by Gasteiger charge is 2.19. The van der Waals surface area contributed by atoms with Crippen LogP contribution in [0.1, 0.15) is 29.9 Å². The summed E-state index contributed by atoms with van der Waals surface area (Å²) in [6.45, 7) is 2.11. The van der Waals surface area contributed by atoms with Gasteiger partial charge >= 0.3 is 0 Å². The summed E-state index contributed by atoms with van der Waals surface area (Å²) in [5, 5.41) is 1.01. The molecule has 2 nitrogen and oxygen atoms in total. The standard InChI is InChI=1S/C15H18ClNOS/c1-2-14(17)15(11-5-7-12(16)8-6-11)19-10-13-4-3-9-18-13/h3-9,14-15H,2,10,17H2,1H3. The molecule has 0 fully saturated rings. The van der Waals surface area contributed by atoms with Crippen molar-refractivity contribution in [2.24, 2.45) is 5.73 Å². The molecule has 2 unspecified atom stereocenters. The van der Waals surface area contributed by atoms with E-state index in [1.54, 1.807) is 6.26 Å². The maximum atomic E-state index is 6.24. The molecule has 0 bridgehead atoms. The number of nitrogens with two attached hydrogens (primary N) is 1. The predicted molar refractivity (Wildman–Crippen MR) is 82.5 cm³/mol. The summed E-state index contributed by atoms with van der Waals surface area (Å²) in [7, 11) is 0. The van der Waals surface area contributed by atoms with E-state index in [2.05, 4.69) is 19.1 Å². The highest BCUT2D eigenvalue weighted by molar-refractivity contribution is 7.98. The number of furan rings is 1. The summed E-state index contributed by atoms with van der Waals surface area (Å²) >= 11 is 7.74. The summed E-state index contributed by atoms with van der Waals surface area (Å²) in [5.41, 5.74) is 7.46. The van der Waals surface area contributed by atoms with E-state index in [9.17, 15) is 0 Å². The minimum absolute atomic E-state index is 0.126. The fourth-order valence-corrected chi connectivity index (χ4v) is 3.32. The van der Waals surface area contributed by atoms with Crippen LogP contribution < -0.4 is 5.73 Å². The SMILES string of the molecule is CCC(N)C(SCc1ccco1)c1ccc(Cl)cc1. The van der Waals surface area contributed by atoms with Gasteiger partial charge in [-0.15, -0.1) is 11.8 Å². The number of hydrogen-bond donors (Lipinski definition) is 1. The first kappa shape index (κ1) is 14.5. The number of benzene rings is 1. The van der Waals surface area contributed by atoms with Gasteiger partial charge in [-0.05, 0) is 36.2 Å². The van der Waals surface area contributed by atoms with Crippen molar-refractivity contribution in [1.82, 2.24) is 0 Å². The summed E-state index contributed by atoms with van der Waals surface area (Å²) in [5.74, 6) is 1.81. The van der Waals surface area contributed by atoms with Gasteiger partial charge in [-0.2, -0.15) is 0 Å². The van der Waals surface area contributed by atoms with Crippen molar-refractivity contribution in [2.45, 2.75) is 30.4 Å². The molecule has 0 aliphatic rings. The second-order valence-corrected chi connectivity index (χ2v) is 6.00. The fourth-order valence-electron chi connectivity index (χ4n) is 1.90. The van der Waals surface area contributed by atoms with Gasteiger partial charge in [0, 0.05) is 16.3 Å². The van der Waals surface area contributed by atoms with Crippen LogP contribution in [-0.4, -0.2) is 6.04 Å². The molecule has 2 rings (SSSR count).